The highest BCUT2D eigenvalue weighted by molar-refractivity contribution is 5.99. The molecule has 1 aromatic carbocycles. The van der Waals surface area contributed by atoms with Gasteiger partial charge in [0, 0.05) is 38.6 Å². The number of amides is 2. The lowest BCUT2D eigenvalue weighted by molar-refractivity contribution is 0.0716. The predicted octanol–water partition coefficient (Wildman–Crippen LogP) is 2.63. The van der Waals surface area contributed by atoms with E-state index in [0.717, 1.165) is 17.5 Å². The largest absolute Gasteiger partial charge is 0.496 e. The second kappa shape index (κ2) is 7.64. The third-order valence-electron chi connectivity index (χ3n) is 4.79. The summed E-state index contributed by atoms with van der Waals surface area (Å²) >= 11 is 0. The molecule has 1 aromatic heterocycles. The molecule has 0 spiro atoms. The molecule has 0 unspecified atom stereocenters. The molecule has 0 saturated carbocycles. The van der Waals surface area contributed by atoms with Gasteiger partial charge >= 0.3 is 0 Å². The van der Waals surface area contributed by atoms with Gasteiger partial charge in [0.05, 0.1) is 18.2 Å². The van der Waals surface area contributed by atoms with Crippen LogP contribution in [0.3, 0.4) is 0 Å². The summed E-state index contributed by atoms with van der Waals surface area (Å²) in [7, 11) is 1.59. The summed E-state index contributed by atoms with van der Waals surface area (Å²) in [5.74, 6) is 0.581. The van der Waals surface area contributed by atoms with E-state index in [-0.39, 0.29) is 11.8 Å². The number of nitrogens with zero attached hydrogens (tertiary/aromatic N) is 2. The summed E-state index contributed by atoms with van der Waals surface area (Å²) in [6, 6.07) is 5.66. The maximum absolute atomic E-state index is 13.1. The van der Waals surface area contributed by atoms with Crippen LogP contribution >= 0.6 is 0 Å². The zero-order valence-electron chi connectivity index (χ0n) is 15.5. The maximum atomic E-state index is 13.1. The minimum Gasteiger partial charge on any atom is -0.496 e. The number of hydrogen-bond donors (Lipinski definition) is 1. The lowest BCUT2D eigenvalue weighted by Crippen LogP contribution is -2.37. The van der Waals surface area contributed by atoms with Crippen LogP contribution in [0, 0.1) is 13.8 Å². The van der Waals surface area contributed by atoms with E-state index in [9.17, 15) is 9.59 Å². The van der Waals surface area contributed by atoms with Gasteiger partial charge in [0.1, 0.15) is 5.75 Å². The Labute approximate surface area is 153 Å². The fourth-order valence-electron chi connectivity index (χ4n) is 3.48. The van der Waals surface area contributed by atoms with E-state index in [2.05, 4.69) is 4.98 Å². The lowest BCUT2D eigenvalue weighted by atomic mass is 10.0. The van der Waals surface area contributed by atoms with Crippen LogP contribution < -0.4 is 4.74 Å². The molecule has 2 heterocycles. The number of aromatic nitrogens is 1. The van der Waals surface area contributed by atoms with Gasteiger partial charge in [-0.2, -0.15) is 0 Å². The molecule has 1 fully saturated rings. The van der Waals surface area contributed by atoms with Crippen LogP contribution in [0.4, 0.5) is 0 Å². The minimum atomic E-state index is -0.0321. The molecule has 1 N–H and O–H groups in total. The molecule has 6 heteroatoms. The molecular formula is C20H25N3O3. The first kappa shape index (κ1) is 18.0. The van der Waals surface area contributed by atoms with Gasteiger partial charge in [0.25, 0.3) is 11.8 Å². The molecule has 1 aliphatic heterocycles. The van der Waals surface area contributed by atoms with Crippen molar-refractivity contribution in [3.8, 4) is 5.75 Å². The quantitative estimate of drug-likeness (QED) is 0.920. The van der Waals surface area contributed by atoms with Gasteiger partial charge in [-0.25, -0.2) is 0 Å². The Balaban J connectivity index is 1.75. The molecule has 0 atom stereocenters. The first-order chi connectivity index (χ1) is 12.5. The molecule has 6 nitrogen and oxygen atoms in total. The van der Waals surface area contributed by atoms with Crippen LogP contribution in [0.15, 0.2) is 30.6 Å². The van der Waals surface area contributed by atoms with Crippen LogP contribution in [0.1, 0.15) is 38.3 Å². The number of rotatable bonds is 3. The zero-order chi connectivity index (χ0) is 18.7. The SMILES string of the molecule is COc1cc(C)cc(C)c1C(=O)N1CCCN(C(=O)c2cc[nH]c2)CC1. The number of aryl methyl sites for hydroxylation is 2. The number of ether oxygens (including phenoxy) is 1. The number of carbonyl (C=O) groups excluding carboxylic acids is 2. The van der Waals surface area contributed by atoms with Gasteiger partial charge in [-0.15, -0.1) is 0 Å². The van der Waals surface area contributed by atoms with Crippen molar-refractivity contribution >= 4 is 11.8 Å². The molecule has 2 amide bonds. The normalized spacial score (nSPS) is 14.9. The minimum absolute atomic E-state index is 0.00430. The summed E-state index contributed by atoms with van der Waals surface area (Å²) in [5.41, 5.74) is 3.25. The molecular weight excluding hydrogens is 330 g/mol. The van der Waals surface area contributed by atoms with E-state index in [1.807, 2.05) is 35.8 Å². The molecule has 0 radical (unpaired) electrons. The summed E-state index contributed by atoms with van der Waals surface area (Å²) in [6.45, 7) is 6.25. The van der Waals surface area contributed by atoms with Crippen molar-refractivity contribution in [2.24, 2.45) is 0 Å². The summed E-state index contributed by atoms with van der Waals surface area (Å²) in [5, 5.41) is 0. The second-order valence-electron chi connectivity index (χ2n) is 6.70. The Bertz CT molecular complexity index is 799. The van der Waals surface area contributed by atoms with Crippen molar-refractivity contribution < 1.29 is 14.3 Å². The predicted molar refractivity (Wildman–Crippen MR) is 99.7 cm³/mol. The first-order valence-electron chi connectivity index (χ1n) is 8.88. The van der Waals surface area contributed by atoms with Crippen LogP contribution in [0.2, 0.25) is 0 Å². The third kappa shape index (κ3) is 3.59. The van der Waals surface area contributed by atoms with E-state index < -0.39 is 0 Å². The van der Waals surface area contributed by atoms with Crippen LogP contribution in [0.25, 0.3) is 0 Å². The number of methoxy groups -OCH3 is 1. The van der Waals surface area contributed by atoms with Gasteiger partial charge in [-0.1, -0.05) is 6.07 Å². The summed E-state index contributed by atoms with van der Waals surface area (Å²) in [4.78, 5) is 32.2. The van der Waals surface area contributed by atoms with Crippen LogP contribution in [0.5, 0.6) is 5.75 Å². The number of H-pyrrole nitrogens is 1. The van der Waals surface area contributed by atoms with Crippen molar-refractivity contribution in [1.82, 2.24) is 14.8 Å². The van der Waals surface area contributed by atoms with Crippen molar-refractivity contribution in [2.75, 3.05) is 33.3 Å². The average molecular weight is 355 g/mol. The topological polar surface area (TPSA) is 65.6 Å². The molecule has 3 rings (SSSR count). The Hall–Kier alpha value is -2.76. The van der Waals surface area contributed by atoms with Crippen LogP contribution in [-0.4, -0.2) is 59.9 Å². The second-order valence-corrected chi connectivity index (χ2v) is 6.70. The fourth-order valence-corrected chi connectivity index (χ4v) is 3.48. The highest BCUT2D eigenvalue weighted by Gasteiger charge is 2.26. The zero-order valence-corrected chi connectivity index (χ0v) is 15.5. The number of nitrogens with one attached hydrogen (secondary N) is 1. The highest BCUT2D eigenvalue weighted by atomic mass is 16.5. The molecule has 1 saturated heterocycles. The molecule has 1 aliphatic rings. The molecule has 26 heavy (non-hydrogen) atoms. The number of hydrogen-bond acceptors (Lipinski definition) is 3. The monoisotopic (exact) mass is 355 g/mol. The molecule has 138 valence electrons. The first-order valence-corrected chi connectivity index (χ1v) is 8.88. The van der Waals surface area contributed by atoms with Gasteiger partial charge in [0.15, 0.2) is 0 Å². The smallest absolute Gasteiger partial charge is 0.257 e. The Morgan fingerprint density at radius 1 is 1.04 bits per heavy atom. The number of carbonyl (C=O) groups is 2. The van der Waals surface area contributed by atoms with E-state index in [0.29, 0.717) is 43.1 Å². The van der Waals surface area contributed by atoms with E-state index in [4.69, 9.17) is 4.74 Å². The van der Waals surface area contributed by atoms with Crippen molar-refractivity contribution in [3.63, 3.8) is 0 Å². The van der Waals surface area contributed by atoms with Gasteiger partial charge < -0.3 is 19.5 Å². The molecule has 0 aliphatic carbocycles. The Morgan fingerprint density at radius 2 is 1.73 bits per heavy atom. The third-order valence-corrected chi connectivity index (χ3v) is 4.79. The van der Waals surface area contributed by atoms with Gasteiger partial charge in [-0.05, 0) is 43.5 Å². The van der Waals surface area contributed by atoms with Crippen LogP contribution in [-0.2, 0) is 0 Å². The van der Waals surface area contributed by atoms with E-state index in [1.54, 1.807) is 25.6 Å². The molecule has 2 aromatic rings. The van der Waals surface area contributed by atoms with Gasteiger partial charge in [-0.3, -0.25) is 9.59 Å². The van der Waals surface area contributed by atoms with E-state index >= 15 is 0 Å². The summed E-state index contributed by atoms with van der Waals surface area (Å²) in [6.07, 6.45) is 4.21. The lowest BCUT2D eigenvalue weighted by Gasteiger charge is -2.23. The number of benzene rings is 1. The fraction of sp³-hybridized carbons (Fsp3) is 0.400. The van der Waals surface area contributed by atoms with Crippen molar-refractivity contribution in [3.05, 3.63) is 52.8 Å². The van der Waals surface area contributed by atoms with Crippen molar-refractivity contribution in [2.45, 2.75) is 20.3 Å². The standard InChI is InChI=1S/C20H25N3O3/c1-14-11-15(2)18(17(12-14)26-3)20(25)23-8-4-7-22(9-10-23)19(24)16-5-6-21-13-16/h5-6,11-13,21H,4,7-10H2,1-3H3. The highest BCUT2D eigenvalue weighted by Crippen LogP contribution is 2.26. The Morgan fingerprint density at radius 3 is 2.35 bits per heavy atom. The Kier molecular flexibility index (Phi) is 5.30. The van der Waals surface area contributed by atoms with Crippen molar-refractivity contribution in [1.29, 1.82) is 0 Å². The van der Waals surface area contributed by atoms with E-state index in [1.165, 1.54) is 0 Å². The van der Waals surface area contributed by atoms with Gasteiger partial charge in [0.2, 0.25) is 0 Å². The maximum Gasteiger partial charge on any atom is 0.257 e. The number of aromatic amines is 1. The summed E-state index contributed by atoms with van der Waals surface area (Å²) < 4.78 is 5.44. The molecule has 0 bridgehead atoms. The average Bonchev–Trinajstić information content (AvgIpc) is 3.04.